The van der Waals surface area contributed by atoms with Crippen LogP contribution in [0, 0.1) is 5.82 Å². The van der Waals surface area contributed by atoms with Gasteiger partial charge in [-0.05, 0) is 25.5 Å². The summed E-state index contributed by atoms with van der Waals surface area (Å²) >= 11 is 0. The van der Waals surface area contributed by atoms with Gasteiger partial charge in [-0.15, -0.1) is 0 Å². The standard InChI is InChI=1S/C15H19FN2O3/c1-3-5-12-15(20)18(9-14(19)17-12)10-6-7-13(21-4-2)11(16)8-10/h6-8,12H,3-5,9H2,1-2H3,(H,17,19). The van der Waals surface area contributed by atoms with E-state index < -0.39 is 11.9 Å². The van der Waals surface area contributed by atoms with Gasteiger partial charge in [0.2, 0.25) is 11.8 Å². The van der Waals surface area contributed by atoms with Crippen molar-refractivity contribution in [3.63, 3.8) is 0 Å². The summed E-state index contributed by atoms with van der Waals surface area (Å²) in [6, 6.07) is 3.76. The number of hydrogen-bond acceptors (Lipinski definition) is 3. The minimum absolute atomic E-state index is 0.0908. The molecule has 1 atom stereocenters. The fourth-order valence-electron chi connectivity index (χ4n) is 2.34. The van der Waals surface area contributed by atoms with E-state index in [1.54, 1.807) is 13.0 Å². The maximum absolute atomic E-state index is 13.9. The SMILES string of the molecule is CCCC1NC(=O)CN(c2ccc(OCC)c(F)c2)C1=O. The summed E-state index contributed by atoms with van der Waals surface area (Å²) in [5.74, 6) is -0.845. The molecule has 2 amide bonds. The summed E-state index contributed by atoms with van der Waals surface area (Å²) < 4.78 is 19.0. The molecule has 1 aliphatic rings. The van der Waals surface area contributed by atoms with Crippen LogP contribution in [0.5, 0.6) is 5.75 Å². The number of hydrogen-bond donors (Lipinski definition) is 1. The molecule has 21 heavy (non-hydrogen) atoms. The second-order valence-electron chi connectivity index (χ2n) is 4.88. The summed E-state index contributed by atoms with van der Waals surface area (Å²) in [7, 11) is 0. The number of benzene rings is 1. The van der Waals surface area contributed by atoms with Gasteiger partial charge in [-0.1, -0.05) is 13.3 Å². The zero-order valence-corrected chi connectivity index (χ0v) is 12.2. The van der Waals surface area contributed by atoms with Crippen LogP contribution in [0.4, 0.5) is 10.1 Å². The van der Waals surface area contributed by atoms with E-state index in [1.807, 2.05) is 6.92 Å². The van der Waals surface area contributed by atoms with Crippen LogP contribution in [0.25, 0.3) is 0 Å². The summed E-state index contributed by atoms with van der Waals surface area (Å²) in [6.45, 7) is 3.97. The van der Waals surface area contributed by atoms with Crippen molar-refractivity contribution in [3.8, 4) is 5.75 Å². The van der Waals surface area contributed by atoms with Crippen LogP contribution in [0.15, 0.2) is 18.2 Å². The van der Waals surface area contributed by atoms with E-state index in [2.05, 4.69) is 5.32 Å². The number of anilines is 1. The molecule has 2 rings (SSSR count). The van der Waals surface area contributed by atoms with E-state index in [4.69, 9.17) is 4.74 Å². The topological polar surface area (TPSA) is 58.6 Å². The predicted octanol–water partition coefficient (Wildman–Crippen LogP) is 1.86. The Hall–Kier alpha value is -2.11. The van der Waals surface area contributed by atoms with Crippen molar-refractivity contribution >= 4 is 17.5 Å². The molecule has 1 aromatic carbocycles. The molecule has 0 radical (unpaired) electrons. The summed E-state index contributed by atoms with van der Waals surface area (Å²) in [5, 5.41) is 2.66. The molecule has 0 aliphatic carbocycles. The molecular weight excluding hydrogens is 275 g/mol. The van der Waals surface area contributed by atoms with Crippen LogP contribution in [-0.4, -0.2) is 31.0 Å². The molecule has 6 heteroatoms. The minimum atomic E-state index is -0.542. The lowest BCUT2D eigenvalue weighted by molar-refractivity contribution is -0.131. The predicted molar refractivity (Wildman–Crippen MR) is 76.8 cm³/mol. The summed E-state index contributed by atoms with van der Waals surface area (Å²) in [4.78, 5) is 25.4. The number of rotatable bonds is 5. The lowest BCUT2D eigenvalue weighted by Crippen LogP contribution is -2.58. The average Bonchev–Trinajstić information content (AvgIpc) is 2.45. The zero-order valence-electron chi connectivity index (χ0n) is 12.2. The normalized spacial score (nSPS) is 18.6. The largest absolute Gasteiger partial charge is 0.491 e. The Morgan fingerprint density at radius 3 is 2.76 bits per heavy atom. The van der Waals surface area contributed by atoms with Crippen LogP contribution in [0.1, 0.15) is 26.7 Å². The summed E-state index contributed by atoms with van der Waals surface area (Å²) in [6.07, 6.45) is 1.35. The lowest BCUT2D eigenvalue weighted by atomic mass is 10.1. The van der Waals surface area contributed by atoms with Gasteiger partial charge >= 0.3 is 0 Å². The van der Waals surface area contributed by atoms with Crippen molar-refractivity contribution in [1.82, 2.24) is 5.32 Å². The van der Waals surface area contributed by atoms with Crippen molar-refractivity contribution in [2.24, 2.45) is 0 Å². The fraction of sp³-hybridized carbons (Fsp3) is 0.467. The Labute approximate surface area is 123 Å². The molecule has 1 N–H and O–H groups in total. The maximum Gasteiger partial charge on any atom is 0.250 e. The van der Waals surface area contributed by atoms with E-state index in [1.165, 1.54) is 17.0 Å². The molecule has 0 aromatic heterocycles. The van der Waals surface area contributed by atoms with Crippen molar-refractivity contribution in [2.45, 2.75) is 32.7 Å². The van der Waals surface area contributed by atoms with Gasteiger partial charge in [-0.2, -0.15) is 0 Å². The van der Waals surface area contributed by atoms with Crippen molar-refractivity contribution in [1.29, 1.82) is 0 Å². The number of carbonyl (C=O) groups excluding carboxylic acids is 2. The highest BCUT2D eigenvalue weighted by Crippen LogP contribution is 2.25. The number of piperazine rings is 1. The number of nitrogens with zero attached hydrogens (tertiary/aromatic N) is 1. The molecule has 5 nitrogen and oxygen atoms in total. The number of amides is 2. The number of halogens is 1. The Morgan fingerprint density at radius 2 is 2.14 bits per heavy atom. The Kier molecular flexibility index (Phi) is 4.77. The van der Waals surface area contributed by atoms with Gasteiger partial charge in [-0.25, -0.2) is 4.39 Å². The molecule has 1 unspecified atom stereocenters. The molecule has 1 saturated heterocycles. The fourth-order valence-corrected chi connectivity index (χ4v) is 2.34. The van der Waals surface area contributed by atoms with Gasteiger partial charge in [0.1, 0.15) is 12.6 Å². The first-order chi connectivity index (χ1) is 10.1. The number of ether oxygens (including phenoxy) is 1. The second kappa shape index (κ2) is 6.56. The average molecular weight is 294 g/mol. The molecule has 1 fully saturated rings. The monoisotopic (exact) mass is 294 g/mol. The molecule has 114 valence electrons. The molecule has 0 saturated carbocycles. The highest BCUT2D eigenvalue weighted by Gasteiger charge is 2.33. The summed E-state index contributed by atoms with van der Waals surface area (Å²) in [5.41, 5.74) is 0.372. The smallest absolute Gasteiger partial charge is 0.250 e. The van der Waals surface area contributed by atoms with Crippen LogP contribution < -0.4 is 15.0 Å². The number of carbonyl (C=O) groups is 2. The van der Waals surface area contributed by atoms with E-state index in [9.17, 15) is 14.0 Å². The molecule has 1 aromatic rings. The van der Waals surface area contributed by atoms with Crippen LogP contribution in [0.3, 0.4) is 0 Å². The minimum Gasteiger partial charge on any atom is -0.491 e. The Bertz CT molecular complexity index is 548. The van der Waals surface area contributed by atoms with Gasteiger partial charge in [0, 0.05) is 11.8 Å². The van der Waals surface area contributed by atoms with Gasteiger partial charge in [0.05, 0.1) is 6.61 Å². The third-order valence-corrected chi connectivity index (χ3v) is 3.31. The quantitative estimate of drug-likeness (QED) is 0.901. The maximum atomic E-state index is 13.9. The van der Waals surface area contributed by atoms with Crippen LogP contribution in [-0.2, 0) is 9.59 Å². The molecule has 0 spiro atoms. The van der Waals surface area contributed by atoms with E-state index >= 15 is 0 Å². The molecule has 0 bridgehead atoms. The Balaban J connectivity index is 2.25. The van der Waals surface area contributed by atoms with Crippen molar-refractivity contribution in [3.05, 3.63) is 24.0 Å². The van der Waals surface area contributed by atoms with Gasteiger partial charge < -0.3 is 15.0 Å². The highest BCUT2D eigenvalue weighted by atomic mass is 19.1. The van der Waals surface area contributed by atoms with Crippen LogP contribution in [0.2, 0.25) is 0 Å². The van der Waals surface area contributed by atoms with Gasteiger partial charge in [0.25, 0.3) is 0 Å². The lowest BCUT2D eigenvalue weighted by Gasteiger charge is -2.32. The van der Waals surface area contributed by atoms with Gasteiger partial charge in [0.15, 0.2) is 11.6 Å². The van der Waals surface area contributed by atoms with Crippen molar-refractivity contribution < 1.29 is 18.7 Å². The first kappa shape index (κ1) is 15.3. The first-order valence-electron chi connectivity index (χ1n) is 7.09. The van der Waals surface area contributed by atoms with E-state index in [0.717, 1.165) is 6.42 Å². The first-order valence-corrected chi connectivity index (χ1v) is 7.09. The molecule has 1 aliphatic heterocycles. The van der Waals surface area contributed by atoms with E-state index in [-0.39, 0.29) is 24.1 Å². The van der Waals surface area contributed by atoms with E-state index in [0.29, 0.717) is 18.7 Å². The molecular formula is C15H19FN2O3. The second-order valence-corrected chi connectivity index (χ2v) is 4.88. The highest BCUT2D eigenvalue weighted by molar-refractivity contribution is 6.06. The van der Waals surface area contributed by atoms with Gasteiger partial charge in [-0.3, -0.25) is 9.59 Å². The van der Waals surface area contributed by atoms with Crippen LogP contribution >= 0.6 is 0 Å². The van der Waals surface area contributed by atoms with Crippen molar-refractivity contribution in [2.75, 3.05) is 18.1 Å². The molecule has 1 heterocycles. The third-order valence-electron chi connectivity index (χ3n) is 3.31. The Morgan fingerprint density at radius 1 is 1.38 bits per heavy atom. The zero-order chi connectivity index (χ0) is 15.4. The third kappa shape index (κ3) is 3.32. The number of nitrogens with one attached hydrogen (secondary N) is 1.